The quantitative estimate of drug-likeness (QED) is 0.787. The van der Waals surface area contributed by atoms with Crippen LogP contribution in [0.1, 0.15) is 11.1 Å². The Morgan fingerprint density at radius 1 is 1.00 bits per heavy atom. The summed E-state index contributed by atoms with van der Waals surface area (Å²) in [6, 6.07) is 11.3. The standard InChI is InChI=1S/C17H15NO3S/c1-11-8-12(2)10-13(9-11)22(20,21)16-6-5-15(19)17-14(16)4-3-7-18-17/h3-10,19H,1-2H3. The highest BCUT2D eigenvalue weighted by molar-refractivity contribution is 7.91. The summed E-state index contributed by atoms with van der Waals surface area (Å²) < 4.78 is 25.9. The molecule has 0 amide bonds. The van der Waals surface area contributed by atoms with Gasteiger partial charge in [0.15, 0.2) is 0 Å². The average molecular weight is 313 g/mol. The lowest BCUT2D eigenvalue weighted by atomic mass is 10.2. The Labute approximate surface area is 129 Å². The van der Waals surface area contributed by atoms with Crippen molar-refractivity contribution in [1.82, 2.24) is 4.98 Å². The van der Waals surface area contributed by atoms with Crippen LogP contribution in [0.4, 0.5) is 0 Å². The fraction of sp³-hybridized carbons (Fsp3) is 0.118. The highest BCUT2D eigenvalue weighted by Crippen LogP contribution is 2.32. The number of hydrogen-bond acceptors (Lipinski definition) is 4. The molecule has 4 nitrogen and oxygen atoms in total. The predicted octanol–water partition coefficient (Wildman–Crippen LogP) is 3.39. The van der Waals surface area contributed by atoms with Gasteiger partial charge in [0.25, 0.3) is 0 Å². The summed E-state index contributed by atoms with van der Waals surface area (Å²) in [5.74, 6) is -0.0324. The van der Waals surface area contributed by atoms with Crippen LogP contribution in [0.5, 0.6) is 5.75 Å². The van der Waals surface area contributed by atoms with E-state index in [1.807, 2.05) is 19.9 Å². The maximum atomic E-state index is 13.0. The summed E-state index contributed by atoms with van der Waals surface area (Å²) in [5.41, 5.74) is 2.06. The molecule has 0 spiro atoms. The molecule has 0 atom stereocenters. The Balaban J connectivity index is 2.33. The van der Waals surface area contributed by atoms with E-state index in [0.29, 0.717) is 5.39 Å². The number of aryl methyl sites for hydroxylation is 2. The van der Waals surface area contributed by atoms with E-state index >= 15 is 0 Å². The first kappa shape index (κ1) is 14.5. The molecule has 0 saturated heterocycles. The number of aromatic nitrogens is 1. The molecule has 0 aliphatic rings. The van der Waals surface area contributed by atoms with Crippen LogP contribution in [-0.2, 0) is 9.84 Å². The molecule has 1 N–H and O–H groups in total. The van der Waals surface area contributed by atoms with E-state index in [9.17, 15) is 13.5 Å². The monoisotopic (exact) mass is 313 g/mol. The van der Waals surface area contributed by atoms with E-state index in [-0.39, 0.29) is 21.1 Å². The molecule has 1 aromatic heterocycles. The van der Waals surface area contributed by atoms with E-state index in [1.54, 1.807) is 24.3 Å². The third kappa shape index (κ3) is 2.33. The number of rotatable bonds is 2. The summed E-state index contributed by atoms with van der Waals surface area (Å²) >= 11 is 0. The van der Waals surface area contributed by atoms with Crippen LogP contribution in [0.25, 0.3) is 10.9 Å². The van der Waals surface area contributed by atoms with Crippen LogP contribution >= 0.6 is 0 Å². The molecule has 0 unspecified atom stereocenters. The number of pyridine rings is 1. The van der Waals surface area contributed by atoms with Gasteiger partial charge in [0.05, 0.1) is 9.79 Å². The predicted molar refractivity (Wildman–Crippen MR) is 84.8 cm³/mol. The van der Waals surface area contributed by atoms with Gasteiger partial charge in [0, 0.05) is 11.6 Å². The van der Waals surface area contributed by atoms with Crippen LogP contribution in [0, 0.1) is 13.8 Å². The van der Waals surface area contributed by atoms with Crippen molar-refractivity contribution in [3.05, 3.63) is 59.8 Å². The second-order valence-electron chi connectivity index (χ2n) is 5.31. The number of nitrogens with zero attached hydrogens (tertiary/aromatic N) is 1. The molecule has 2 aromatic carbocycles. The summed E-state index contributed by atoms with van der Waals surface area (Å²) in [4.78, 5) is 4.47. The SMILES string of the molecule is Cc1cc(C)cc(S(=O)(=O)c2ccc(O)c3ncccc23)c1. The molecule has 22 heavy (non-hydrogen) atoms. The first-order valence-electron chi connectivity index (χ1n) is 6.80. The minimum atomic E-state index is -3.68. The number of aromatic hydroxyl groups is 1. The van der Waals surface area contributed by atoms with Crippen molar-refractivity contribution in [2.45, 2.75) is 23.6 Å². The zero-order chi connectivity index (χ0) is 15.9. The smallest absolute Gasteiger partial charge is 0.207 e. The van der Waals surface area contributed by atoms with Gasteiger partial charge in [0.1, 0.15) is 11.3 Å². The number of benzene rings is 2. The van der Waals surface area contributed by atoms with Crippen LogP contribution in [0.2, 0.25) is 0 Å². The Morgan fingerprint density at radius 2 is 1.68 bits per heavy atom. The van der Waals surface area contributed by atoms with E-state index < -0.39 is 9.84 Å². The number of phenolic OH excluding ortho intramolecular Hbond substituents is 1. The molecule has 0 saturated carbocycles. The topological polar surface area (TPSA) is 67.3 Å². The molecule has 5 heteroatoms. The maximum Gasteiger partial charge on any atom is 0.207 e. The van der Waals surface area contributed by atoms with E-state index in [0.717, 1.165) is 11.1 Å². The van der Waals surface area contributed by atoms with Gasteiger partial charge in [-0.3, -0.25) is 4.98 Å². The van der Waals surface area contributed by atoms with Gasteiger partial charge < -0.3 is 5.11 Å². The fourth-order valence-corrected chi connectivity index (χ4v) is 4.22. The molecule has 112 valence electrons. The molecule has 3 rings (SSSR count). The van der Waals surface area contributed by atoms with E-state index in [4.69, 9.17) is 0 Å². The van der Waals surface area contributed by atoms with Crippen molar-refractivity contribution < 1.29 is 13.5 Å². The van der Waals surface area contributed by atoms with Crippen molar-refractivity contribution >= 4 is 20.7 Å². The largest absolute Gasteiger partial charge is 0.506 e. The summed E-state index contributed by atoms with van der Waals surface area (Å²) in [6.45, 7) is 3.73. The molecular weight excluding hydrogens is 298 g/mol. The minimum Gasteiger partial charge on any atom is -0.506 e. The lowest BCUT2D eigenvalue weighted by molar-refractivity contribution is 0.480. The zero-order valence-corrected chi connectivity index (χ0v) is 13.1. The average Bonchev–Trinajstić information content (AvgIpc) is 2.46. The Kier molecular flexibility index (Phi) is 3.37. The lowest BCUT2D eigenvalue weighted by Gasteiger charge is -2.10. The van der Waals surface area contributed by atoms with Crippen molar-refractivity contribution in [1.29, 1.82) is 0 Å². The molecule has 0 radical (unpaired) electrons. The van der Waals surface area contributed by atoms with Gasteiger partial charge in [-0.25, -0.2) is 8.42 Å². The second kappa shape index (κ2) is 5.10. The Morgan fingerprint density at radius 3 is 2.36 bits per heavy atom. The normalized spacial score (nSPS) is 11.7. The van der Waals surface area contributed by atoms with Crippen molar-refractivity contribution in [2.75, 3.05) is 0 Å². The second-order valence-corrected chi connectivity index (χ2v) is 7.23. The van der Waals surface area contributed by atoms with Crippen molar-refractivity contribution in [2.24, 2.45) is 0 Å². The number of fused-ring (bicyclic) bond motifs is 1. The van der Waals surface area contributed by atoms with Gasteiger partial charge in [0.2, 0.25) is 9.84 Å². The number of phenols is 1. The van der Waals surface area contributed by atoms with Crippen molar-refractivity contribution in [3.63, 3.8) is 0 Å². The molecule has 0 aliphatic heterocycles. The first-order valence-corrected chi connectivity index (χ1v) is 8.28. The first-order chi connectivity index (χ1) is 10.4. The molecule has 1 heterocycles. The summed E-state index contributed by atoms with van der Waals surface area (Å²) in [7, 11) is -3.68. The zero-order valence-electron chi connectivity index (χ0n) is 12.2. The maximum absolute atomic E-state index is 13.0. The third-order valence-electron chi connectivity index (χ3n) is 3.50. The van der Waals surface area contributed by atoms with E-state index in [1.165, 1.54) is 18.3 Å². The highest BCUT2D eigenvalue weighted by atomic mass is 32.2. The van der Waals surface area contributed by atoms with Crippen molar-refractivity contribution in [3.8, 4) is 5.75 Å². The van der Waals surface area contributed by atoms with E-state index in [2.05, 4.69) is 4.98 Å². The van der Waals surface area contributed by atoms with Crippen LogP contribution in [-0.4, -0.2) is 18.5 Å². The Bertz CT molecular complexity index is 958. The van der Waals surface area contributed by atoms with Crippen LogP contribution in [0.15, 0.2) is 58.5 Å². The number of hydrogen-bond donors (Lipinski definition) is 1. The molecular formula is C17H15NO3S. The number of sulfone groups is 1. The molecule has 0 aliphatic carbocycles. The molecule has 0 fully saturated rings. The summed E-state index contributed by atoms with van der Waals surface area (Å²) in [6.07, 6.45) is 1.52. The summed E-state index contributed by atoms with van der Waals surface area (Å²) in [5, 5.41) is 10.3. The highest BCUT2D eigenvalue weighted by Gasteiger charge is 2.22. The third-order valence-corrected chi connectivity index (χ3v) is 5.29. The van der Waals surface area contributed by atoms with Gasteiger partial charge >= 0.3 is 0 Å². The minimum absolute atomic E-state index is 0.0324. The Hall–Kier alpha value is -2.40. The lowest BCUT2D eigenvalue weighted by Crippen LogP contribution is -2.04. The molecule has 3 aromatic rings. The van der Waals surface area contributed by atoms with Gasteiger partial charge in [-0.2, -0.15) is 0 Å². The fourth-order valence-electron chi connectivity index (χ4n) is 2.58. The van der Waals surface area contributed by atoms with Gasteiger partial charge in [-0.15, -0.1) is 0 Å². The van der Waals surface area contributed by atoms with Crippen LogP contribution < -0.4 is 0 Å². The van der Waals surface area contributed by atoms with Gasteiger partial charge in [-0.1, -0.05) is 6.07 Å². The van der Waals surface area contributed by atoms with Gasteiger partial charge in [-0.05, 0) is 61.4 Å². The van der Waals surface area contributed by atoms with Crippen LogP contribution in [0.3, 0.4) is 0 Å². The molecule has 0 bridgehead atoms.